The third kappa shape index (κ3) is 4.83. The van der Waals surface area contributed by atoms with Gasteiger partial charge in [0, 0.05) is 12.6 Å². The van der Waals surface area contributed by atoms with E-state index in [0.717, 1.165) is 45.2 Å². The molecule has 0 bridgehead atoms. The molecule has 4 heteroatoms. The summed E-state index contributed by atoms with van der Waals surface area (Å²) in [4.78, 5) is 2.62. The Balaban J connectivity index is 0.00000304. The summed E-state index contributed by atoms with van der Waals surface area (Å²) in [5.41, 5.74) is 7.90. The number of aliphatic hydroxyl groups excluding tert-OH is 2. The Labute approximate surface area is 226 Å². The fourth-order valence-electron chi connectivity index (χ4n) is 8.70. The molecule has 0 spiro atoms. The van der Waals surface area contributed by atoms with Gasteiger partial charge in [-0.1, -0.05) is 64.3 Å². The molecular weight excluding hydrogens is 466 g/mol. The number of unbranched alkanes of at least 4 members (excludes halogenated alkanes) is 2. The zero-order chi connectivity index (χ0) is 24.9. The second kappa shape index (κ2) is 11.1. The molecule has 0 unspecified atom stereocenters. The molecule has 1 aliphatic heterocycles. The Hall–Kier alpha value is -0.870. The first-order valence-corrected chi connectivity index (χ1v) is 14.7. The van der Waals surface area contributed by atoms with Crippen LogP contribution in [0.3, 0.4) is 0 Å². The molecule has 1 saturated heterocycles. The number of rotatable bonds is 6. The van der Waals surface area contributed by atoms with Crippen LogP contribution in [0.2, 0.25) is 0 Å². The molecule has 5 rings (SSSR count). The Bertz CT molecular complexity index is 960. The van der Waals surface area contributed by atoms with E-state index in [4.69, 9.17) is 0 Å². The highest BCUT2D eigenvalue weighted by atomic mass is 35.5. The van der Waals surface area contributed by atoms with Crippen LogP contribution in [0.15, 0.2) is 23.8 Å². The Kier molecular flexibility index (Phi) is 8.67. The lowest BCUT2D eigenvalue weighted by Gasteiger charge is -2.48. The highest BCUT2D eigenvalue weighted by Gasteiger charge is 2.50. The molecule has 0 aromatic heterocycles. The van der Waals surface area contributed by atoms with E-state index in [2.05, 4.69) is 57.7 Å². The van der Waals surface area contributed by atoms with Crippen molar-refractivity contribution in [2.75, 3.05) is 13.1 Å². The normalized spacial score (nSPS) is 36.8. The second-order valence-corrected chi connectivity index (χ2v) is 12.9. The highest BCUT2D eigenvalue weighted by Crippen LogP contribution is 2.60. The number of aliphatic hydroxyl groups is 2. The molecule has 1 aromatic carbocycles. The molecule has 36 heavy (non-hydrogen) atoms. The molecule has 2 N–H and O–H groups in total. The molecule has 4 aliphatic rings. The molecule has 0 amide bonds. The molecule has 0 radical (unpaired) electrons. The van der Waals surface area contributed by atoms with Gasteiger partial charge in [-0.2, -0.15) is 0 Å². The van der Waals surface area contributed by atoms with E-state index in [1.54, 1.807) is 11.1 Å². The van der Waals surface area contributed by atoms with E-state index in [1.807, 2.05) is 0 Å². The second-order valence-electron chi connectivity index (χ2n) is 12.9. The predicted molar refractivity (Wildman–Crippen MR) is 152 cm³/mol. The van der Waals surface area contributed by atoms with Crippen molar-refractivity contribution in [3.8, 4) is 0 Å². The number of piperidine rings is 1. The molecule has 1 heterocycles. The van der Waals surface area contributed by atoms with Crippen LogP contribution >= 0.6 is 12.4 Å². The number of likely N-dealkylation sites (tertiary alicyclic amines) is 1. The van der Waals surface area contributed by atoms with E-state index >= 15 is 0 Å². The topological polar surface area (TPSA) is 43.7 Å². The van der Waals surface area contributed by atoms with Crippen LogP contribution in [0.25, 0.3) is 0 Å². The van der Waals surface area contributed by atoms with Crippen molar-refractivity contribution in [3.05, 3.63) is 46.0 Å². The Morgan fingerprint density at radius 1 is 1.17 bits per heavy atom. The summed E-state index contributed by atoms with van der Waals surface area (Å²) >= 11 is 0. The van der Waals surface area contributed by atoms with Gasteiger partial charge in [0.15, 0.2) is 0 Å². The summed E-state index contributed by atoms with van der Waals surface area (Å²) < 4.78 is 0. The number of hydrogen-bond acceptors (Lipinski definition) is 3. The quantitative estimate of drug-likeness (QED) is 0.319. The van der Waals surface area contributed by atoms with Crippen molar-refractivity contribution in [2.24, 2.45) is 17.3 Å². The first-order valence-electron chi connectivity index (χ1n) is 14.7. The number of fused-ring (bicyclic) bond motifs is 5. The third-order valence-corrected chi connectivity index (χ3v) is 10.7. The van der Waals surface area contributed by atoms with E-state index in [1.165, 1.54) is 42.4 Å². The van der Waals surface area contributed by atoms with Crippen LogP contribution in [0.1, 0.15) is 113 Å². The van der Waals surface area contributed by atoms with E-state index < -0.39 is 0 Å². The van der Waals surface area contributed by atoms with Crippen LogP contribution in [-0.4, -0.2) is 46.5 Å². The largest absolute Gasteiger partial charge is 0.393 e. The minimum absolute atomic E-state index is 0. The average molecular weight is 516 g/mol. The van der Waals surface area contributed by atoms with Crippen molar-refractivity contribution >= 4 is 12.4 Å². The van der Waals surface area contributed by atoms with Crippen molar-refractivity contribution in [1.29, 1.82) is 0 Å². The Morgan fingerprint density at radius 2 is 1.94 bits per heavy atom. The molecule has 202 valence electrons. The van der Waals surface area contributed by atoms with Gasteiger partial charge in [-0.15, -0.1) is 12.4 Å². The van der Waals surface area contributed by atoms with Crippen LogP contribution in [-0.2, 0) is 6.42 Å². The van der Waals surface area contributed by atoms with Crippen LogP contribution in [0.5, 0.6) is 0 Å². The fourth-order valence-corrected chi connectivity index (χ4v) is 8.70. The van der Waals surface area contributed by atoms with Gasteiger partial charge in [0.1, 0.15) is 0 Å². The first-order chi connectivity index (χ1) is 16.7. The van der Waals surface area contributed by atoms with Crippen molar-refractivity contribution in [3.63, 3.8) is 0 Å². The van der Waals surface area contributed by atoms with Gasteiger partial charge >= 0.3 is 0 Å². The fraction of sp³-hybridized carbons (Fsp3) is 0.750. The SMILES string of the molecule is CCCCCN1C[C@@H](C)C[C@@H](O)[C@@H]1[C@@H](C)c1ccc2c(c1C)C[C@H]1[C@H]2CC=C2C[C@@H](O)CC[C@@]21C.Cl. The summed E-state index contributed by atoms with van der Waals surface area (Å²) in [6.07, 6.45) is 12.0. The first kappa shape index (κ1) is 28.1. The minimum atomic E-state index is -0.245. The lowest BCUT2D eigenvalue weighted by Crippen LogP contribution is -2.53. The van der Waals surface area contributed by atoms with E-state index in [0.29, 0.717) is 23.7 Å². The van der Waals surface area contributed by atoms with Gasteiger partial charge in [0.05, 0.1) is 12.2 Å². The summed E-state index contributed by atoms with van der Waals surface area (Å²) in [7, 11) is 0. The van der Waals surface area contributed by atoms with Gasteiger partial charge in [0.25, 0.3) is 0 Å². The van der Waals surface area contributed by atoms with E-state index in [-0.39, 0.29) is 36.1 Å². The van der Waals surface area contributed by atoms with Gasteiger partial charge in [-0.25, -0.2) is 0 Å². The smallest absolute Gasteiger partial charge is 0.0704 e. The summed E-state index contributed by atoms with van der Waals surface area (Å²) in [6, 6.07) is 5.09. The molecule has 2 fully saturated rings. The number of benzene rings is 1. The summed E-state index contributed by atoms with van der Waals surface area (Å²) in [5, 5.41) is 21.6. The average Bonchev–Trinajstić information content (AvgIpc) is 3.20. The van der Waals surface area contributed by atoms with Crippen LogP contribution < -0.4 is 0 Å². The molecule has 1 aromatic rings. The zero-order valence-corrected chi connectivity index (χ0v) is 24.1. The summed E-state index contributed by atoms with van der Waals surface area (Å²) in [6.45, 7) is 14.0. The van der Waals surface area contributed by atoms with Gasteiger partial charge < -0.3 is 10.2 Å². The summed E-state index contributed by atoms with van der Waals surface area (Å²) in [5.74, 6) is 2.20. The number of halogens is 1. The molecule has 1 saturated carbocycles. The van der Waals surface area contributed by atoms with Crippen LogP contribution in [0.4, 0.5) is 0 Å². The van der Waals surface area contributed by atoms with Crippen LogP contribution in [0, 0.1) is 24.2 Å². The van der Waals surface area contributed by atoms with Gasteiger partial charge in [-0.05, 0) is 110 Å². The monoisotopic (exact) mass is 515 g/mol. The maximum absolute atomic E-state index is 11.3. The lowest BCUT2D eigenvalue weighted by atomic mass is 9.57. The lowest BCUT2D eigenvalue weighted by molar-refractivity contribution is -0.0216. The maximum atomic E-state index is 11.3. The molecule has 3 nitrogen and oxygen atoms in total. The number of nitrogens with zero attached hydrogens (tertiary/aromatic N) is 1. The third-order valence-electron chi connectivity index (χ3n) is 10.7. The van der Waals surface area contributed by atoms with Crippen molar-refractivity contribution < 1.29 is 10.2 Å². The highest BCUT2D eigenvalue weighted by molar-refractivity contribution is 5.85. The van der Waals surface area contributed by atoms with E-state index in [9.17, 15) is 10.2 Å². The predicted octanol–water partition coefficient (Wildman–Crippen LogP) is 6.92. The molecule has 8 atom stereocenters. The van der Waals surface area contributed by atoms with Crippen molar-refractivity contribution in [2.45, 2.75) is 122 Å². The molecule has 3 aliphatic carbocycles. The van der Waals surface area contributed by atoms with Gasteiger partial charge in [-0.3, -0.25) is 4.90 Å². The van der Waals surface area contributed by atoms with Crippen molar-refractivity contribution in [1.82, 2.24) is 4.90 Å². The van der Waals surface area contributed by atoms with Gasteiger partial charge in [0.2, 0.25) is 0 Å². The zero-order valence-electron chi connectivity index (χ0n) is 23.3. The number of hydrogen-bond donors (Lipinski definition) is 2. The maximum Gasteiger partial charge on any atom is 0.0704 e. The standard InChI is InChI=1S/C32H49NO2.ClH/c1-6-7-8-15-33-19-20(2)16-30(35)31(33)22(4)25-11-12-26-27-10-9-23-17-24(34)13-14-32(23,5)29(27)18-28(26)21(25)3;/h9,11-12,20,22,24,27,29-31,34-35H,6-8,10,13-19H2,1-5H3;1H/t20-,22-,24-,27-,29-,30+,31-,32-;/m0./s1. The Morgan fingerprint density at radius 3 is 2.69 bits per heavy atom. The molecular formula is C32H50ClNO2. The minimum Gasteiger partial charge on any atom is -0.393 e. The number of allylic oxidation sites excluding steroid dienone is 1.